The first-order chi connectivity index (χ1) is 5.24. The Kier molecular flexibility index (Phi) is 2.83. The van der Waals surface area contributed by atoms with Gasteiger partial charge in [0.1, 0.15) is 13.6 Å². The summed E-state index contributed by atoms with van der Waals surface area (Å²) in [6.07, 6.45) is 0. The van der Waals surface area contributed by atoms with Crippen LogP contribution in [-0.4, -0.2) is 14.5 Å². The zero-order chi connectivity index (χ0) is 8.27. The van der Waals surface area contributed by atoms with Crippen LogP contribution in [0.5, 0.6) is 5.75 Å². The maximum absolute atomic E-state index is 5.74. The largest absolute Gasteiger partial charge is 0.494 e. The molecule has 0 bridgehead atoms. The molecule has 1 aromatic carbocycles. The molecular formula is C8H8BClO. The van der Waals surface area contributed by atoms with Crippen LogP contribution >= 0.6 is 11.6 Å². The summed E-state index contributed by atoms with van der Waals surface area (Å²) in [6, 6.07) is 5.23. The molecule has 0 saturated carbocycles. The van der Waals surface area contributed by atoms with Crippen LogP contribution in [0.25, 0.3) is 0 Å². The van der Waals surface area contributed by atoms with Crippen molar-refractivity contribution < 1.29 is 4.74 Å². The fraction of sp³-hybridized carbons (Fsp3) is 0.250. The molecule has 0 fully saturated rings. The van der Waals surface area contributed by atoms with Crippen LogP contribution in [0.4, 0.5) is 0 Å². The normalized spacial score (nSPS) is 9.64. The zero-order valence-electron chi connectivity index (χ0n) is 6.30. The van der Waals surface area contributed by atoms with Crippen LogP contribution < -0.4 is 10.2 Å². The monoisotopic (exact) mass is 166 g/mol. The number of halogens is 1. The minimum atomic E-state index is 0.538. The molecule has 1 rings (SSSR count). The first kappa shape index (κ1) is 8.47. The Morgan fingerprint density at radius 3 is 2.82 bits per heavy atom. The lowest BCUT2D eigenvalue weighted by molar-refractivity contribution is 0.340. The lowest BCUT2D eigenvalue weighted by Gasteiger charge is -2.04. The molecule has 0 aliphatic heterocycles. The fourth-order valence-electron chi connectivity index (χ4n) is 0.764. The molecule has 2 radical (unpaired) electrons. The van der Waals surface area contributed by atoms with Gasteiger partial charge in [0.05, 0.1) is 6.61 Å². The van der Waals surface area contributed by atoms with Gasteiger partial charge in [-0.05, 0) is 19.1 Å². The van der Waals surface area contributed by atoms with Crippen molar-refractivity contribution in [2.24, 2.45) is 0 Å². The second kappa shape index (κ2) is 3.68. The van der Waals surface area contributed by atoms with Crippen LogP contribution in [0.15, 0.2) is 18.2 Å². The van der Waals surface area contributed by atoms with E-state index < -0.39 is 0 Å². The highest BCUT2D eigenvalue weighted by Crippen LogP contribution is 2.14. The Balaban J connectivity index is 2.86. The van der Waals surface area contributed by atoms with Crippen molar-refractivity contribution in [1.29, 1.82) is 0 Å². The molecule has 56 valence electrons. The van der Waals surface area contributed by atoms with Gasteiger partial charge < -0.3 is 4.74 Å². The summed E-state index contributed by atoms with van der Waals surface area (Å²) >= 11 is 5.74. The number of hydrogen-bond acceptors (Lipinski definition) is 1. The van der Waals surface area contributed by atoms with E-state index in [1.807, 2.05) is 6.92 Å². The molecule has 0 saturated heterocycles. The fourth-order valence-corrected chi connectivity index (χ4v) is 0.935. The molecule has 1 aromatic rings. The topological polar surface area (TPSA) is 9.23 Å². The number of rotatable bonds is 2. The molecule has 1 nitrogen and oxygen atoms in total. The van der Waals surface area contributed by atoms with Crippen molar-refractivity contribution in [3.63, 3.8) is 0 Å². The van der Waals surface area contributed by atoms with Crippen molar-refractivity contribution in [3.8, 4) is 5.75 Å². The number of hydrogen-bond donors (Lipinski definition) is 0. The highest BCUT2D eigenvalue weighted by atomic mass is 35.5. The highest BCUT2D eigenvalue weighted by Gasteiger charge is 1.96. The van der Waals surface area contributed by atoms with Crippen LogP contribution in [0.3, 0.4) is 0 Å². The Labute approximate surface area is 72.7 Å². The van der Waals surface area contributed by atoms with Gasteiger partial charge in [0.15, 0.2) is 0 Å². The average molecular weight is 166 g/mol. The molecule has 0 spiro atoms. The van der Waals surface area contributed by atoms with Crippen LogP contribution in [0.2, 0.25) is 5.02 Å². The highest BCUT2D eigenvalue weighted by molar-refractivity contribution is 6.45. The Morgan fingerprint density at radius 1 is 1.55 bits per heavy atom. The van der Waals surface area contributed by atoms with E-state index in [2.05, 4.69) is 0 Å². The summed E-state index contributed by atoms with van der Waals surface area (Å²) in [7, 11) is 5.50. The van der Waals surface area contributed by atoms with Gasteiger partial charge in [-0.25, -0.2) is 0 Å². The second-order valence-electron chi connectivity index (χ2n) is 2.12. The van der Waals surface area contributed by atoms with Crippen molar-refractivity contribution >= 4 is 24.9 Å². The Morgan fingerprint density at radius 2 is 2.27 bits per heavy atom. The molecule has 0 aliphatic carbocycles. The predicted octanol–water partition coefficient (Wildman–Crippen LogP) is 1.53. The summed E-state index contributed by atoms with van der Waals surface area (Å²) in [5.41, 5.74) is 0.579. The van der Waals surface area contributed by atoms with Crippen LogP contribution in [0, 0.1) is 0 Å². The molecule has 0 heterocycles. The lowest BCUT2D eigenvalue weighted by atomic mass is 9.96. The molecule has 3 heteroatoms. The van der Waals surface area contributed by atoms with Gasteiger partial charge in [-0.2, -0.15) is 0 Å². The van der Waals surface area contributed by atoms with Gasteiger partial charge in [0.25, 0.3) is 0 Å². The standard InChI is InChI=1S/C8H8BClO/c1-2-11-6-3-4-7(9)8(10)5-6/h3-5H,2H2,1H3. The molecule has 11 heavy (non-hydrogen) atoms. The van der Waals surface area contributed by atoms with Gasteiger partial charge >= 0.3 is 0 Å². The summed E-state index contributed by atoms with van der Waals surface area (Å²) in [4.78, 5) is 0. The SMILES string of the molecule is [B]c1ccc(OCC)cc1Cl. The van der Waals surface area contributed by atoms with Gasteiger partial charge in [-0.3, -0.25) is 0 Å². The van der Waals surface area contributed by atoms with Crippen LogP contribution in [0.1, 0.15) is 6.92 Å². The number of ether oxygens (including phenoxy) is 1. The van der Waals surface area contributed by atoms with E-state index in [1.165, 1.54) is 0 Å². The molecule has 0 atom stereocenters. The van der Waals surface area contributed by atoms with Crippen molar-refractivity contribution in [2.45, 2.75) is 6.92 Å². The van der Waals surface area contributed by atoms with Gasteiger partial charge in [-0.15, -0.1) is 0 Å². The van der Waals surface area contributed by atoms with E-state index in [0.717, 1.165) is 5.75 Å². The minimum Gasteiger partial charge on any atom is -0.494 e. The number of benzene rings is 1. The van der Waals surface area contributed by atoms with Gasteiger partial charge in [0, 0.05) is 5.02 Å². The van der Waals surface area contributed by atoms with E-state index >= 15 is 0 Å². The Bertz CT molecular complexity index is 250. The van der Waals surface area contributed by atoms with Gasteiger partial charge in [-0.1, -0.05) is 23.1 Å². The third kappa shape index (κ3) is 2.16. The summed E-state index contributed by atoms with van der Waals surface area (Å²) < 4.78 is 5.20. The van der Waals surface area contributed by atoms with E-state index in [4.69, 9.17) is 24.2 Å². The molecule has 0 aliphatic rings. The quantitative estimate of drug-likeness (QED) is 0.606. The van der Waals surface area contributed by atoms with E-state index in [0.29, 0.717) is 17.1 Å². The summed E-state index contributed by atoms with van der Waals surface area (Å²) in [5.74, 6) is 0.756. The molecule has 0 N–H and O–H groups in total. The smallest absolute Gasteiger partial charge is 0.120 e. The zero-order valence-corrected chi connectivity index (χ0v) is 7.06. The molecule has 0 unspecified atom stereocenters. The second-order valence-corrected chi connectivity index (χ2v) is 2.52. The molecule has 0 aromatic heterocycles. The maximum Gasteiger partial charge on any atom is 0.120 e. The van der Waals surface area contributed by atoms with Crippen LogP contribution in [-0.2, 0) is 0 Å². The van der Waals surface area contributed by atoms with E-state index in [1.54, 1.807) is 18.2 Å². The van der Waals surface area contributed by atoms with E-state index in [-0.39, 0.29) is 0 Å². The predicted molar refractivity (Wildman–Crippen MR) is 48.0 cm³/mol. The minimum absolute atomic E-state index is 0.538. The average Bonchev–Trinajstić information content (AvgIpc) is 1.98. The first-order valence-corrected chi connectivity index (χ1v) is 3.79. The molecular weight excluding hydrogens is 158 g/mol. The Hall–Kier alpha value is -0.625. The van der Waals surface area contributed by atoms with Crippen molar-refractivity contribution in [3.05, 3.63) is 23.2 Å². The van der Waals surface area contributed by atoms with Crippen molar-refractivity contribution in [2.75, 3.05) is 6.61 Å². The lowest BCUT2D eigenvalue weighted by Crippen LogP contribution is -2.03. The van der Waals surface area contributed by atoms with E-state index in [9.17, 15) is 0 Å². The summed E-state index contributed by atoms with van der Waals surface area (Å²) in [6.45, 7) is 2.56. The first-order valence-electron chi connectivity index (χ1n) is 3.42. The maximum atomic E-state index is 5.74. The third-order valence-electron chi connectivity index (χ3n) is 1.28. The third-order valence-corrected chi connectivity index (χ3v) is 1.61. The molecule has 0 amide bonds. The van der Waals surface area contributed by atoms with Gasteiger partial charge in [0.2, 0.25) is 0 Å². The summed E-state index contributed by atoms with van der Waals surface area (Å²) in [5, 5.41) is 0.538. The van der Waals surface area contributed by atoms with Crippen molar-refractivity contribution in [1.82, 2.24) is 0 Å².